The zero-order valence-electron chi connectivity index (χ0n) is 79.2. The number of nitrogens with zero attached hydrogens (tertiary/aromatic N) is 22. The van der Waals surface area contributed by atoms with Gasteiger partial charge in [-0.05, 0) is 167 Å². The van der Waals surface area contributed by atoms with Gasteiger partial charge in [-0.15, -0.1) is 25.5 Å². The van der Waals surface area contributed by atoms with Crippen LogP contribution in [0.2, 0.25) is 0 Å². The van der Waals surface area contributed by atoms with Crippen LogP contribution < -0.4 is 64.4 Å². The number of allylic oxidation sites excluding steroid dienone is 15. The Balaban J connectivity index is 0.000000182. The molecule has 2 aliphatic heterocycles. The van der Waals surface area contributed by atoms with E-state index in [1.54, 1.807) is 74.4 Å². The second-order valence-corrected chi connectivity index (χ2v) is 36.7. The highest BCUT2D eigenvalue weighted by molar-refractivity contribution is 6.50. The molecule has 2 fully saturated rings. The summed E-state index contributed by atoms with van der Waals surface area (Å²) in [4.78, 5) is 83.1. The minimum Gasteiger partial charge on any atom is -0.399 e. The minimum absolute atomic E-state index is 0. The second kappa shape index (κ2) is 48.8. The second-order valence-electron chi connectivity index (χ2n) is 36.3. The van der Waals surface area contributed by atoms with E-state index in [0.29, 0.717) is 122 Å². The number of rotatable bonds is 25. The predicted molar refractivity (Wildman–Crippen MR) is 577 cm³/mol. The summed E-state index contributed by atoms with van der Waals surface area (Å²) in [5.41, 5.74) is 42.4. The van der Waals surface area contributed by atoms with Crippen molar-refractivity contribution in [3.63, 3.8) is 0 Å². The number of anilines is 5. The van der Waals surface area contributed by atoms with Gasteiger partial charge in [-0.1, -0.05) is 79.1 Å². The summed E-state index contributed by atoms with van der Waals surface area (Å²) in [6, 6.07) is 29.0. The molecule has 14 heterocycles. The van der Waals surface area contributed by atoms with Crippen LogP contribution in [0.3, 0.4) is 0 Å². The Morgan fingerprint density at radius 3 is 1.08 bits per heavy atom. The maximum atomic E-state index is 12.2. The van der Waals surface area contributed by atoms with Crippen LogP contribution in [0.4, 0.5) is 57.5 Å². The van der Waals surface area contributed by atoms with Crippen LogP contribution in [-0.4, -0.2) is 242 Å². The Bertz CT molecular complexity index is 7150. The fourth-order valence-electron chi connectivity index (χ4n) is 16.5. The molecule has 0 radical (unpaired) electrons. The summed E-state index contributed by atoms with van der Waals surface area (Å²) < 4.78 is 20.1. The number of imidazole rings is 2. The van der Waals surface area contributed by atoms with Crippen LogP contribution in [-0.2, 0) is 51.2 Å². The lowest BCUT2D eigenvalue weighted by atomic mass is 10.0. The lowest BCUT2D eigenvalue weighted by Gasteiger charge is -2.37. The van der Waals surface area contributed by atoms with Crippen molar-refractivity contribution in [2.75, 3.05) is 140 Å². The standard InChI is InChI=1S/C22H27ClN6O.C22H28N6O.2C19H19N7O.C18H22N6O.5CH4/c1-15-14-16(19(24)18(23)21(15)30)26-20-17-8-4-5-10-28(17)27-22(20)25-9-13-29(2)11-6-3-7-12-29;1-16-14-18(17(23)15-20(16)29)25-21-19-8-4-5-10-27(19)26-22(21)24-9-13-28(2)11-6-3-7-12-28;1-24-10-11-25(13-24)9-7-21-19-18(17-4-2-3-8-26(17)23-19)22-16-6-5-14(27)12-15(16)20;1-24-10-11-25(13-24)9-7-21-19-18(16-4-2-3-8-26(16)23-19)22-15-6-5-14(20)12-17(15)27;1-24(2,3)11-9-20-18-17(15-6-4-5-10-23(15)22-18)21-14-8-7-13(19)12-16(14)25;;;;;/h4-5,8,10,14H,3,6-7,9,11-13H2,1-2H3,(H2-,24,25,27,30);4-5,8,10,14-15H,3,6-7,9,11-13H2,1-2H3,(H2-,23,24,26,29);2*2-6,8,10-13H,7,9H2,1H3,(H2-,20,21,23,27);4-8,10,12H,9,11H2,1-3H3,(H2-,19,20,22,25);5*1H4/p+5. The Hall–Kier alpha value is -15.9. The molecule has 0 amide bonds. The largest absolute Gasteiger partial charge is 0.399 e. The molecule has 5 aliphatic carbocycles. The van der Waals surface area contributed by atoms with Crippen LogP contribution in [0.25, 0.3) is 27.6 Å². The van der Waals surface area contributed by atoms with Crippen LogP contribution >= 0.6 is 11.6 Å². The van der Waals surface area contributed by atoms with E-state index in [4.69, 9.17) is 50.3 Å². The number of carbonyl (C=O) groups excluding carboxylic acids is 5. The monoisotopic (exact) mass is 1960 g/mol. The number of ketones is 5. The lowest BCUT2D eigenvalue weighted by molar-refractivity contribution is -0.912. The molecular formula is C105H140ClN32O5+5. The van der Waals surface area contributed by atoms with Crippen LogP contribution in [0, 0.1) is 0 Å². The molecule has 37 nitrogen and oxygen atoms in total. The summed E-state index contributed by atoms with van der Waals surface area (Å²) in [5.74, 6) is 2.52. The number of likely N-dealkylation sites (tertiary alicyclic amines) is 2. The van der Waals surface area contributed by atoms with Gasteiger partial charge >= 0.3 is 0 Å². The summed E-state index contributed by atoms with van der Waals surface area (Å²) in [7, 11) is 15.0. The minimum atomic E-state index is -0.259. The molecule has 38 heteroatoms. The molecule has 12 aromatic rings. The van der Waals surface area contributed by atoms with E-state index >= 15 is 0 Å². The number of hydrogen-bond donors (Lipinski definition) is 10. The number of carbonyl (C=O) groups is 5. The normalized spacial score (nSPS) is 17.3. The third kappa shape index (κ3) is 27.7. The van der Waals surface area contributed by atoms with Crippen molar-refractivity contribution >= 4 is 154 Å². The first-order valence-electron chi connectivity index (χ1n) is 46.0. The van der Waals surface area contributed by atoms with Gasteiger partial charge in [0.05, 0.1) is 190 Å². The highest BCUT2D eigenvalue weighted by Crippen LogP contribution is 2.37. The highest BCUT2D eigenvalue weighted by Gasteiger charge is 2.30. The molecule has 7 aliphatic rings. The molecule has 0 aromatic carbocycles. The zero-order valence-corrected chi connectivity index (χ0v) is 80.0. The maximum absolute atomic E-state index is 12.2. The third-order valence-corrected chi connectivity index (χ3v) is 24.5. The van der Waals surface area contributed by atoms with Crippen molar-refractivity contribution in [2.45, 2.75) is 103 Å². The van der Waals surface area contributed by atoms with Crippen molar-refractivity contribution in [1.29, 1.82) is 0 Å². The number of piperidine rings is 2. The number of aryl methyl sites for hydroxylation is 2. The molecule has 0 spiro atoms. The van der Waals surface area contributed by atoms with Gasteiger partial charge in [-0.25, -0.2) is 65.8 Å². The third-order valence-electron chi connectivity index (χ3n) is 24.2. The predicted octanol–water partition coefficient (Wildman–Crippen LogP) is 13.1. The number of aromatic nitrogens is 14. The summed E-state index contributed by atoms with van der Waals surface area (Å²) >= 11 is 6.14. The number of likely N-dealkylation sites (N-methyl/N-ethyl adjacent to an activating group) is 3. The van der Waals surface area contributed by atoms with Crippen LogP contribution in [0.1, 0.15) is 89.5 Å². The smallest absolute Gasteiger partial charge is 0.243 e. The van der Waals surface area contributed by atoms with E-state index in [2.05, 4.69) is 111 Å². The number of halogens is 1. The van der Waals surface area contributed by atoms with E-state index in [-0.39, 0.29) is 76.8 Å². The van der Waals surface area contributed by atoms with Crippen molar-refractivity contribution < 1.29 is 46.6 Å². The van der Waals surface area contributed by atoms with Gasteiger partial charge in [-0.3, -0.25) is 24.0 Å². The molecule has 0 bridgehead atoms. The van der Waals surface area contributed by atoms with E-state index in [9.17, 15) is 24.0 Å². The van der Waals surface area contributed by atoms with E-state index in [0.717, 1.165) is 105 Å². The van der Waals surface area contributed by atoms with Gasteiger partial charge in [0.15, 0.2) is 40.7 Å². The quantitative estimate of drug-likeness (QED) is 0.0110. The summed E-state index contributed by atoms with van der Waals surface area (Å²) in [6.45, 7) is 16.8. The Morgan fingerprint density at radius 1 is 0.392 bits per heavy atom. The summed E-state index contributed by atoms with van der Waals surface area (Å²) in [5, 5.41) is 40.1. The van der Waals surface area contributed by atoms with Gasteiger partial charge in [0.25, 0.3) is 0 Å². The molecule has 15 N–H and O–H groups in total. The number of fused-ring (bicyclic) bond motifs is 5. The van der Waals surface area contributed by atoms with Crippen molar-refractivity contribution in [1.82, 2.24) is 57.2 Å². The molecule has 752 valence electrons. The average molecular weight is 1970 g/mol. The Labute approximate surface area is 840 Å². The number of nitrogens with two attached hydrogens (primary N) is 5. The molecule has 2 saturated heterocycles. The maximum Gasteiger partial charge on any atom is 0.243 e. The SMILES string of the molecule is C.C.C.C.C.CC1=CC(=Nc2c(NCC[N+]3(C)CCCCC3)nn3ccccc23)C(N)=C(Cl)C1=O.CC1=CC(=Nc2c(NCC[N+]3(C)CCCCC3)nn3ccccc23)C(N)=CC1=O.C[N+](C)(C)CCNc1nn2ccccc2c1N=C1C=CC(N)=CC1=O.C[n+]1ccn(CCNc2nn3ccccc3c2N=C2C=CC(=O)C=C2N)c1.C[n+]1ccn(CCNc2nn3ccccc3c2N=C2C=CC(N)=CC2=O)c1. The molecule has 0 atom stereocenters. The summed E-state index contributed by atoms with van der Waals surface area (Å²) in [6.07, 6.45) is 48.0. The van der Waals surface area contributed by atoms with Crippen LogP contribution in [0.15, 0.2) is 302 Å². The first-order valence-corrected chi connectivity index (χ1v) is 46.4. The first-order chi connectivity index (χ1) is 66.4. The van der Waals surface area contributed by atoms with Gasteiger partial charge in [-0.2, -0.15) is 0 Å². The molecule has 0 saturated carbocycles. The first kappa shape index (κ1) is 109. The molecule has 19 rings (SSSR count). The van der Waals surface area contributed by atoms with Crippen molar-refractivity contribution in [2.24, 2.45) is 67.7 Å². The number of pyridine rings is 5. The van der Waals surface area contributed by atoms with Gasteiger partial charge < -0.3 is 68.7 Å². The number of quaternary nitrogens is 3. The topological polar surface area (TPSA) is 442 Å². The molecular weight excluding hydrogens is 1820 g/mol. The zero-order chi connectivity index (χ0) is 97.4. The fourth-order valence-corrected chi connectivity index (χ4v) is 16.7. The van der Waals surface area contributed by atoms with Crippen molar-refractivity contribution in [3.8, 4) is 0 Å². The van der Waals surface area contributed by atoms with Gasteiger partial charge in [0, 0.05) is 72.3 Å². The average Bonchev–Trinajstić information content (AvgIpc) is 1.39. The highest BCUT2D eigenvalue weighted by atomic mass is 35.5. The van der Waals surface area contributed by atoms with E-state index in [1.807, 2.05) is 187 Å². The van der Waals surface area contributed by atoms with E-state index < -0.39 is 0 Å². The number of aliphatic imine (C=N–C) groups is 5. The fraction of sp³-hybridized carbons (Fsp3) is 0.324. The van der Waals surface area contributed by atoms with Crippen molar-refractivity contribution in [3.05, 3.63) is 277 Å². The number of hydrogen-bond acceptors (Lipinski definition) is 25. The Kier molecular flexibility index (Phi) is 37.3. The molecule has 0 unspecified atom stereocenters. The Morgan fingerprint density at radius 2 is 0.727 bits per heavy atom. The van der Waals surface area contributed by atoms with E-state index in [1.165, 1.54) is 95.1 Å². The molecule has 143 heavy (non-hydrogen) atoms. The lowest BCUT2D eigenvalue weighted by Crippen LogP contribution is -2.50. The van der Waals surface area contributed by atoms with Gasteiger partial charge in [0.2, 0.25) is 30.0 Å². The van der Waals surface area contributed by atoms with Crippen LogP contribution in [0.5, 0.6) is 0 Å². The van der Waals surface area contributed by atoms with Gasteiger partial charge in [0.1, 0.15) is 82.8 Å². The number of nitrogens with one attached hydrogen (secondary N) is 5. The number of Topliss-reactive ketones (excluding diaryl/α,β-unsaturated/α-hetero) is 1. The molecule has 12 aromatic heterocycles.